The first-order valence-corrected chi connectivity index (χ1v) is 7.41. The Bertz CT molecular complexity index is 536. The maximum Gasteiger partial charge on any atom is 0.0340 e. The predicted octanol–water partition coefficient (Wildman–Crippen LogP) is 3.89. The highest BCUT2D eigenvalue weighted by Gasteiger charge is 2.35. The Hall–Kier alpha value is -1.80. The summed E-state index contributed by atoms with van der Waals surface area (Å²) in [5.74, 6) is 0. The Balaban J connectivity index is 1.65. The molecule has 2 nitrogen and oxygen atoms in total. The molecule has 1 fully saturated rings. The van der Waals surface area contributed by atoms with E-state index in [9.17, 15) is 0 Å². The summed E-state index contributed by atoms with van der Waals surface area (Å²) in [7, 11) is 0. The number of nitrogens with one attached hydrogen (secondary N) is 1. The molecule has 0 unspecified atom stereocenters. The van der Waals surface area contributed by atoms with E-state index >= 15 is 0 Å². The van der Waals surface area contributed by atoms with Crippen molar-refractivity contribution in [2.45, 2.75) is 19.3 Å². The number of rotatable bonds is 5. The molecule has 0 heterocycles. The van der Waals surface area contributed by atoms with Gasteiger partial charge in [0.15, 0.2) is 0 Å². The van der Waals surface area contributed by atoms with Crippen LogP contribution in [0.1, 0.15) is 19.3 Å². The fourth-order valence-corrected chi connectivity index (χ4v) is 2.83. The molecule has 20 heavy (non-hydrogen) atoms. The van der Waals surface area contributed by atoms with Crippen LogP contribution >= 0.6 is 0 Å². The molecule has 0 amide bonds. The van der Waals surface area contributed by atoms with Crippen molar-refractivity contribution in [1.82, 2.24) is 0 Å². The van der Waals surface area contributed by atoms with Gasteiger partial charge in [0.05, 0.1) is 0 Å². The molecule has 1 aliphatic carbocycles. The highest BCUT2D eigenvalue weighted by molar-refractivity contribution is 5.65. The third kappa shape index (κ3) is 2.70. The third-order valence-electron chi connectivity index (χ3n) is 4.51. The molecule has 0 spiro atoms. The van der Waals surface area contributed by atoms with Crippen LogP contribution in [-0.4, -0.2) is 13.1 Å². The quantitative estimate of drug-likeness (QED) is 0.861. The van der Waals surface area contributed by atoms with E-state index in [0.29, 0.717) is 5.41 Å². The molecule has 2 aromatic carbocycles. The van der Waals surface area contributed by atoms with Crippen LogP contribution < -0.4 is 11.1 Å². The van der Waals surface area contributed by atoms with E-state index in [2.05, 4.69) is 53.8 Å². The van der Waals surface area contributed by atoms with E-state index in [0.717, 1.165) is 13.1 Å². The molecule has 0 saturated heterocycles. The fourth-order valence-electron chi connectivity index (χ4n) is 2.83. The summed E-state index contributed by atoms with van der Waals surface area (Å²) in [6.07, 6.45) is 3.85. The molecule has 1 saturated carbocycles. The smallest absolute Gasteiger partial charge is 0.0340 e. The summed E-state index contributed by atoms with van der Waals surface area (Å²) in [6.45, 7) is 1.79. The monoisotopic (exact) mass is 266 g/mol. The molecule has 2 aromatic rings. The SMILES string of the molecule is NCC1(CNc2ccc(-c3ccccc3)cc2)CCC1. The minimum absolute atomic E-state index is 0.345. The van der Waals surface area contributed by atoms with Gasteiger partial charge in [-0.2, -0.15) is 0 Å². The van der Waals surface area contributed by atoms with Gasteiger partial charge < -0.3 is 11.1 Å². The van der Waals surface area contributed by atoms with E-state index in [1.807, 2.05) is 6.07 Å². The number of anilines is 1. The Morgan fingerprint density at radius 2 is 1.55 bits per heavy atom. The first-order chi connectivity index (χ1) is 9.81. The zero-order valence-electron chi connectivity index (χ0n) is 11.8. The number of hydrogen-bond donors (Lipinski definition) is 2. The summed E-state index contributed by atoms with van der Waals surface area (Å²) >= 11 is 0. The van der Waals surface area contributed by atoms with Crippen LogP contribution in [0, 0.1) is 5.41 Å². The van der Waals surface area contributed by atoms with Crippen molar-refractivity contribution in [3.05, 3.63) is 54.6 Å². The van der Waals surface area contributed by atoms with Crippen LogP contribution in [0.25, 0.3) is 11.1 Å². The number of nitrogens with two attached hydrogens (primary N) is 1. The second-order valence-corrected chi connectivity index (χ2v) is 5.85. The van der Waals surface area contributed by atoms with Crippen LogP contribution in [-0.2, 0) is 0 Å². The van der Waals surface area contributed by atoms with Gasteiger partial charge in [-0.1, -0.05) is 48.9 Å². The topological polar surface area (TPSA) is 38.0 Å². The molecule has 0 radical (unpaired) electrons. The molecular weight excluding hydrogens is 244 g/mol. The maximum atomic E-state index is 5.89. The average molecular weight is 266 g/mol. The van der Waals surface area contributed by atoms with E-state index in [1.54, 1.807) is 0 Å². The van der Waals surface area contributed by atoms with Crippen molar-refractivity contribution in [2.75, 3.05) is 18.4 Å². The second kappa shape index (κ2) is 5.68. The summed E-state index contributed by atoms with van der Waals surface area (Å²) in [5, 5.41) is 3.54. The van der Waals surface area contributed by atoms with Crippen LogP contribution in [0.5, 0.6) is 0 Å². The molecule has 1 aliphatic rings. The van der Waals surface area contributed by atoms with E-state index in [4.69, 9.17) is 5.73 Å². The van der Waals surface area contributed by atoms with Crippen molar-refractivity contribution in [3.63, 3.8) is 0 Å². The molecule has 104 valence electrons. The Labute approximate surface area is 121 Å². The van der Waals surface area contributed by atoms with Crippen molar-refractivity contribution in [1.29, 1.82) is 0 Å². The van der Waals surface area contributed by atoms with Gasteiger partial charge in [-0.05, 0) is 48.1 Å². The molecule has 0 atom stereocenters. The maximum absolute atomic E-state index is 5.89. The highest BCUT2D eigenvalue weighted by Crippen LogP contribution is 2.39. The molecule has 0 bridgehead atoms. The first-order valence-electron chi connectivity index (χ1n) is 7.41. The van der Waals surface area contributed by atoms with Gasteiger partial charge in [0.25, 0.3) is 0 Å². The zero-order chi connectivity index (χ0) is 13.8. The van der Waals surface area contributed by atoms with Crippen LogP contribution in [0.4, 0.5) is 5.69 Å². The largest absolute Gasteiger partial charge is 0.384 e. The van der Waals surface area contributed by atoms with Gasteiger partial charge in [-0.3, -0.25) is 0 Å². The van der Waals surface area contributed by atoms with E-state index in [1.165, 1.54) is 36.1 Å². The fraction of sp³-hybridized carbons (Fsp3) is 0.333. The standard InChI is InChI=1S/C18H22N2/c19-13-18(11-4-12-18)14-20-17-9-7-16(8-10-17)15-5-2-1-3-6-15/h1-3,5-10,20H,4,11-14,19H2. The van der Waals surface area contributed by atoms with Gasteiger partial charge >= 0.3 is 0 Å². The van der Waals surface area contributed by atoms with Gasteiger partial charge in [-0.25, -0.2) is 0 Å². The van der Waals surface area contributed by atoms with Crippen molar-refractivity contribution < 1.29 is 0 Å². The molecule has 3 N–H and O–H groups in total. The second-order valence-electron chi connectivity index (χ2n) is 5.85. The molecule has 2 heteroatoms. The lowest BCUT2D eigenvalue weighted by Crippen LogP contribution is -2.42. The molecule has 0 aliphatic heterocycles. The highest BCUT2D eigenvalue weighted by atomic mass is 14.9. The average Bonchev–Trinajstić information content (AvgIpc) is 2.48. The zero-order valence-corrected chi connectivity index (χ0v) is 11.8. The summed E-state index contributed by atoms with van der Waals surface area (Å²) < 4.78 is 0. The summed E-state index contributed by atoms with van der Waals surface area (Å²) in [6, 6.07) is 19.1. The number of hydrogen-bond acceptors (Lipinski definition) is 2. The predicted molar refractivity (Wildman–Crippen MR) is 85.7 cm³/mol. The number of benzene rings is 2. The normalized spacial score (nSPS) is 16.4. The van der Waals surface area contributed by atoms with Crippen LogP contribution in [0.2, 0.25) is 0 Å². The lowest BCUT2D eigenvalue weighted by Gasteiger charge is -2.41. The van der Waals surface area contributed by atoms with Gasteiger partial charge in [-0.15, -0.1) is 0 Å². The minimum atomic E-state index is 0.345. The summed E-state index contributed by atoms with van der Waals surface area (Å²) in [4.78, 5) is 0. The Morgan fingerprint density at radius 3 is 2.10 bits per heavy atom. The van der Waals surface area contributed by atoms with Crippen molar-refractivity contribution >= 4 is 5.69 Å². The lowest BCUT2D eigenvalue weighted by molar-refractivity contribution is 0.163. The van der Waals surface area contributed by atoms with Gasteiger partial charge in [0, 0.05) is 12.2 Å². The Kier molecular flexibility index (Phi) is 3.75. The van der Waals surface area contributed by atoms with Gasteiger partial charge in [0.1, 0.15) is 0 Å². The van der Waals surface area contributed by atoms with Crippen LogP contribution in [0.3, 0.4) is 0 Å². The molecular formula is C18H22N2. The van der Waals surface area contributed by atoms with E-state index < -0.39 is 0 Å². The molecule has 3 rings (SSSR count). The lowest BCUT2D eigenvalue weighted by atomic mass is 9.69. The minimum Gasteiger partial charge on any atom is -0.384 e. The van der Waals surface area contributed by atoms with E-state index in [-0.39, 0.29) is 0 Å². The van der Waals surface area contributed by atoms with Crippen molar-refractivity contribution in [2.24, 2.45) is 11.1 Å². The van der Waals surface area contributed by atoms with Crippen molar-refractivity contribution in [3.8, 4) is 11.1 Å². The summed E-state index contributed by atoms with van der Waals surface area (Å²) in [5.41, 5.74) is 9.94. The van der Waals surface area contributed by atoms with Crippen LogP contribution in [0.15, 0.2) is 54.6 Å². The first kappa shape index (κ1) is 13.2. The molecule has 0 aromatic heterocycles. The Morgan fingerprint density at radius 1 is 0.900 bits per heavy atom. The third-order valence-corrected chi connectivity index (χ3v) is 4.51. The van der Waals surface area contributed by atoms with Gasteiger partial charge in [0.2, 0.25) is 0 Å².